The van der Waals surface area contributed by atoms with Crippen molar-refractivity contribution in [3.05, 3.63) is 0 Å². The van der Waals surface area contributed by atoms with E-state index in [4.69, 9.17) is 15.6 Å². The number of primary amides is 1. The number of rotatable bonds is 9. The number of urea groups is 1. The standard InChI is InChI=1S/C10H18N4O6/c1-20-3-2-12-8(16)4-13-10(19)14(5-7(11)15)6-9(17)18/h2-6H2,1H3,(H2,11,15)(H,12,16)(H,13,19)(H,17,18). The largest absolute Gasteiger partial charge is 0.480 e. The summed E-state index contributed by atoms with van der Waals surface area (Å²) >= 11 is 0. The fraction of sp³-hybridized carbons (Fsp3) is 0.600. The minimum absolute atomic E-state index is 0.283. The SMILES string of the molecule is COCCNC(=O)CNC(=O)N(CC(N)=O)CC(=O)O. The Morgan fingerprint density at radius 3 is 2.35 bits per heavy atom. The van der Waals surface area contributed by atoms with Crippen molar-refractivity contribution in [2.24, 2.45) is 5.73 Å². The van der Waals surface area contributed by atoms with Crippen molar-refractivity contribution in [1.82, 2.24) is 15.5 Å². The van der Waals surface area contributed by atoms with E-state index in [2.05, 4.69) is 10.6 Å². The van der Waals surface area contributed by atoms with Gasteiger partial charge in [0, 0.05) is 13.7 Å². The summed E-state index contributed by atoms with van der Waals surface area (Å²) in [5.74, 6) is -2.62. The Hall–Kier alpha value is -2.36. The third-order valence-electron chi connectivity index (χ3n) is 1.99. The van der Waals surface area contributed by atoms with Crippen LogP contribution in [0.25, 0.3) is 0 Å². The lowest BCUT2D eigenvalue weighted by molar-refractivity contribution is -0.137. The molecular formula is C10H18N4O6. The molecule has 0 spiro atoms. The van der Waals surface area contributed by atoms with Crippen molar-refractivity contribution in [2.45, 2.75) is 0 Å². The zero-order valence-electron chi connectivity index (χ0n) is 11.0. The Balaban J connectivity index is 4.21. The van der Waals surface area contributed by atoms with E-state index in [1.165, 1.54) is 7.11 Å². The number of carboxylic acid groups (broad SMARTS) is 1. The molecule has 20 heavy (non-hydrogen) atoms. The van der Waals surface area contributed by atoms with Crippen LogP contribution in [0.15, 0.2) is 0 Å². The van der Waals surface area contributed by atoms with Crippen LogP contribution in [0.2, 0.25) is 0 Å². The average molecular weight is 290 g/mol. The molecule has 0 aliphatic carbocycles. The quantitative estimate of drug-likeness (QED) is 0.340. The topological polar surface area (TPSA) is 151 Å². The van der Waals surface area contributed by atoms with Crippen molar-refractivity contribution < 1.29 is 29.0 Å². The van der Waals surface area contributed by atoms with Gasteiger partial charge in [0.1, 0.15) is 13.1 Å². The lowest BCUT2D eigenvalue weighted by Gasteiger charge is -2.19. The van der Waals surface area contributed by atoms with Gasteiger partial charge in [-0.2, -0.15) is 0 Å². The summed E-state index contributed by atoms with van der Waals surface area (Å²) in [5, 5.41) is 13.2. The molecule has 0 aromatic rings. The predicted octanol–water partition coefficient (Wildman–Crippen LogP) is -2.67. The van der Waals surface area contributed by atoms with Crippen molar-refractivity contribution in [3.8, 4) is 0 Å². The number of nitrogens with zero attached hydrogens (tertiary/aromatic N) is 1. The first-order valence-corrected chi connectivity index (χ1v) is 5.65. The number of hydrogen-bond donors (Lipinski definition) is 4. The monoisotopic (exact) mass is 290 g/mol. The third kappa shape index (κ3) is 8.69. The van der Waals surface area contributed by atoms with Gasteiger partial charge in [0.15, 0.2) is 0 Å². The number of nitrogens with one attached hydrogen (secondary N) is 2. The van der Waals surface area contributed by atoms with Crippen LogP contribution in [0.4, 0.5) is 4.79 Å². The van der Waals surface area contributed by atoms with Gasteiger partial charge in [0.25, 0.3) is 0 Å². The molecule has 0 saturated carbocycles. The van der Waals surface area contributed by atoms with E-state index >= 15 is 0 Å². The van der Waals surface area contributed by atoms with Gasteiger partial charge in [0.2, 0.25) is 11.8 Å². The molecule has 10 nitrogen and oxygen atoms in total. The third-order valence-corrected chi connectivity index (χ3v) is 1.99. The van der Waals surface area contributed by atoms with Gasteiger partial charge >= 0.3 is 12.0 Å². The van der Waals surface area contributed by atoms with Crippen molar-refractivity contribution in [1.29, 1.82) is 0 Å². The molecule has 0 fully saturated rings. The van der Waals surface area contributed by atoms with Gasteiger partial charge in [-0.25, -0.2) is 4.79 Å². The normalized spacial score (nSPS) is 9.65. The molecule has 4 amide bonds. The molecule has 10 heteroatoms. The van der Waals surface area contributed by atoms with E-state index in [-0.39, 0.29) is 13.1 Å². The maximum absolute atomic E-state index is 11.6. The van der Waals surface area contributed by atoms with Gasteiger partial charge in [-0.05, 0) is 0 Å². The first kappa shape index (κ1) is 17.6. The summed E-state index contributed by atoms with van der Waals surface area (Å²) in [4.78, 5) is 44.8. The molecule has 0 saturated heterocycles. The number of carbonyl (C=O) groups is 4. The number of carboxylic acids is 1. The van der Waals surface area contributed by atoms with E-state index in [0.29, 0.717) is 11.5 Å². The minimum atomic E-state index is -1.30. The fourth-order valence-electron chi connectivity index (χ4n) is 1.17. The first-order chi connectivity index (χ1) is 9.36. The molecule has 0 aliphatic heterocycles. The Bertz CT molecular complexity index is 357. The van der Waals surface area contributed by atoms with Crippen LogP contribution in [0.1, 0.15) is 0 Å². The second kappa shape index (κ2) is 9.55. The summed E-state index contributed by atoms with van der Waals surface area (Å²) in [6, 6.07) is -0.868. The molecule has 0 aromatic carbocycles. The Morgan fingerprint density at radius 2 is 1.85 bits per heavy atom. The molecule has 0 aromatic heterocycles. The second-order valence-corrected chi connectivity index (χ2v) is 3.72. The smallest absolute Gasteiger partial charge is 0.323 e. The van der Waals surface area contributed by atoms with E-state index in [9.17, 15) is 19.2 Å². The second-order valence-electron chi connectivity index (χ2n) is 3.72. The molecule has 5 N–H and O–H groups in total. The summed E-state index contributed by atoms with van der Waals surface area (Å²) in [7, 11) is 1.47. The Labute approximate surface area is 115 Å². The van der Waals surface area contributed by atoms with Gasteiger partial charge in [-0.1, -0.05) is 0 Å². The molecule has 0 rings (SSSR count). The minimum Gasteiger partial charge on any atom is -0.480 e. The number of carbonyl (C=O) groups excluding carboxylic acids is 3. The van der Waals surface area contributed by atoms with Crippen molar-refractivity contribution >= 4 is 23.8 Å². The zero-order chi connectivity index (χ0) is 15.5. The molecular weight excluding hydrogens is 272 g/mol. The lowest BCUT2D eigenvalue weighted by atomic mass is 10.4. The van der Waals surface area contributed by atoms with Crippen LogP contribution < -0.4 is 16.4 Å². The highest BCUT2D eigenvalue weighted by Gasteiger charge is 2.19. The highest BCUT2D eigenvalue weighted by Crippen LogP contribution is 1.89. The Morgan fingerprint density at radius 1 is 1.20 bits per heavy atom. The summed E-state index contributed by atoms with van der Waals surface area (Å²) in [6.07, 6.45) is 0. The number of hydrogen-bond acceptors (Lipinski definition) is 5. The summed E-state index contributed by atoms with van der Waals surface area (Å²) in [5.41, 5.74) is 4.90. The number of amides is 4. The fourth-order valence-corrected chi connectivity index (χ4v) is 1.17. The van der Waals surface area contributed by atoms with Gasteiger partial charge < -0.3 is 31.1 Å². The maximum atomic E-state index is 11.6. The van der Waals surface area contributed by atoms with Crippen LogP contribution in [-0.2, 0) is 19.1 Å². The van der Waals surface area contributed by atoms with Crippen molar-refractivity contribution in [3.63, 3.8) is 0 Å². The van der Waals surface area contributed by atoms with Crippen molar-refractivity contribution in [2.75, 3.05) is 39.9 Å². The average Bonchev–Trinajstić information content (AvgIpc) is 2.34. The number of methoxy groups -OCH3 is 1. The molecule has 0 atom stereocenters. The van der Waals surface area contributed by atoms with Crippen LogP contribution in [-0.4, -0.2) is 73.7 Å². The van der Waals surface area contributed by atoms with Crippen LogP contribution in [0, 0.1) is 0 Å². The molecule has 114 valence electrons. The molecule has 0 heterocycles. The highest BCUT2D eigenvalue weighted by atomic mass is 16.5. The van der Waals surface area contributed by atoms with E-state index in [1.807, 2.05) is 0 Å². The number of aliphatic carboxylic acids is 1. The molecule has 0 unspecified atom stereocenters. The number of nitrogens with two attached hydrogens (primary N) is 1. The maximum Gasteiger partial charge on any atom is 0.323 e. The van der Waals surface area contributed by atoms with E-state index < -0.39 is 36.9 Å². The molecule has 0 radical (unpaired) electrons. The van der Waals surface area contributed by atoms with Crippen LogP contribution >= 0.6 is 0 Å². The zero-order valence-corrected chi connectivity index (χ0v) is 11.0. The lowest BCUT2D eigenvalue weighted by Crippen LogP contribution is -2.49. The summed E-state index contributed by atoms with van der Waals surface area (Å²) in [6.45, 7) is -0.987. The molecule has 0 aliphatic rings. The molecule has 0 bridgehead atoms. The first-order valence-electron chi connectivity index (χ1n) is 5.65. The van der Waals surface area contributed by atoms with E-state index in [0.717, 1.165) is 0 Å². The van der Waals surface area contributed by atoms with E-state index in [1.54, 1.807) is 0 Å². The van der Waals surface area contributed by atoms with Gasteiger partial charge in [-0.3, -0.25) is 14.4 Å². The number of ether oxygens (including phenoxy) is 1. The van der Waals surface area contributed by atoms with Crippen LogP contribution in [0.5, 0.6) is 0 Å². The van der Waals surface area contributed by atoms with Gasteiger partial charge in [0.05, 0.1) is 13.2 Å². The summed E-state index contributed by atoms with van der Waals surface area (Å²) < 4.78 is 4.72. The highest BCUT2D eigenvalue weighted by molar-refractivity contribution is 5.88. The predicted molar refractivity (Wildman–Crippen MR) is 66.7 cm³/mol. The Kier molecular flexibility index (Phi) is 8.43. The van der Waals surface area contributed by atoms with Crippen LogP contribution in [0.3, 0.4) is 0 Å². The van der Waals surface area contributed by atoms with Gasteiger partial charge in [-0.15, -0.1) is 0 Å².